The van der Waals surface area contributed by atoms with Gasteiger partial charge in [-0.2, -0.15) is 0 Å². The van der Waals surface area contributed by atoms with Gasteiger partial charge >= 0.3 is 0 Å². The topological polar surface area (TPSA) is 41.5 Å². The van der Waals surface area contributed by atoms with Crippen LogP contribution < -0.4 is 5.32 Å². The Balaban J connectivity index is 2.22. The van der Waals surface area contributed by atoms with Gasteiger partial charge in [-0.1, -0.05) is 38.0 Å². The molecule has 3 nitrogen and oxygen atoms in total. The van der Waals surface area contributed by atoms with Crippen molar-refractivity contribution in [3.8, 4) is 0 Å². The lowest BCUT2D eigenvalue weighted by Gasteiger charge is -2.08. The second-order valence-electron chi connectivity index (χ2n) is 4.31. The summed E-state index contributed by atoms with van der Waals surface area (Å²) in [6.45, 7) is 2.43. The van der Waals surface area contributed by atoms with Crippen molar-refractivity contribution in [1.29, 1.82) is 0 Å². The highest BCUT2D eigenvalue weighted by Crippen LogP contribution is 2.21. The van der Waals surface area contributed by atoms with Crippen LogP contribution in [0.25, 0.3) is 0 Å². The first kappa shape index (κ1) is 11.8. The van der Waals surface area contributed by atoms with Crippen LogP contribution in [-0.2, 0) is 4.79 Å². The van der Waals surface area contributed by atoms with Gasteiger partial charge in [0.05, 0.1) is 0 Å². The fourth-order valence-electron chi connectivity index (χ4n) is 2.04. The zero-order valence-electron chi connectivity index (χ0n) is 10.2. The van der Waals surface area contributed by atoms with Crippen LogP contribution in [0.2, 0.25) is 0 Å². The molecule has 90 valence electrons. The number of fused-ring (bicyclic) bond motifs is 1. The smallest absolute Gasteiger partial charge is 0.246 e. The van der Waals surface area contributed by atoms with Gasteiger partial charge in [0.15, 0.2) is 0 Å². The molecule has 0 spiro atoms. The van der Waals surface area contributed by atoms with Gasteiger partial charge in [-0.25, -0.2) is 0 Å². The highest BCUT2D eigenvalue weighted by atomic mass is 16.1. The zero-order valence-corrected chi connectivity index (χ0v) is 10.2. The van der Waals surface area contributed by atoms with Crippen LogP contribution in [0.15, 0.2) is 29.3 Å². The van der Waals surface area contributed by atoms with E-state index in [4.69, 9.17) is 0 Å². The Morgan fingerprint density at radius 1 is 1.29 bits per heavy atom. The Hall–Kier alpha value is -1.64. The van der Waals surface area contributed by atoms with Crippen molar-refractivity contribution in [3.63, 3.8) is 0 Å². The molecular weight excluding hydrogens is 212 g/mol. The molecule has 1 aromatic rings. The Morgan fingerprint density at radius 2 is 2.12 bits per heavy atom. The van der Waals surface area contributed by atoms with Gasteiger partial charge in [0.1, 0.15) is 6.54 Å². The lowest BCUT2D eigenvalue weighted by Crippen LogP contribution is -2.13. The van der Waals surface area contributed by atoms with Crippen molar-refractivity contribution in [1.82, 2.24) is 0 Å². The van der Waals surface area contributed by atoms with Crippen molar-refractivity contribution in [2.24, 2.45) is 4.99 Å². The van der Waals surface area contributed by atoms with Gasteiger partial charge in [0.25, 0.3) is 0 Å². The molecule has 0 saturated heterocycles. The van der Waals surface area contributed by atoms with E-state index in [2.05, 4.69) is 17.2 Å². The van der Waals surface area contributed by atoms with Crippen molar-refractivity contribution in [2.75, 3.05) is 11.9 Å². The third kappa shape index (κ3) is 2.93. The van der Waals surface area contributed by atoms with E-state index in [-0.39, 0.29) is 12.5 Å². The summed E-state index contributed by atoms with van der Waals surface area (Å²) in [5.41, 5.74) is 3.03. The lowest BCUT2D eigenvalue weighted by molar-refractivity contribution is -0.114. The summed E-state index contributed by atoms with van der Waals surface area (Å²) in [7, 11) is 0. The number of anilines is 1. The van der Waals surface area contributed by atoms with Crippen LogP contribution in [0, 0.1) is 0 Å². The quantitative estimate of drug-likeness (QED) is 0.794. The maximum Gasteiger partial charge on any atom is 0.246 e. The Bertz CT molecular complexity index is 438. The number of carbonyl (C=O) groups excluding carboxylic acids is 1. The summed E-state index contributed by atoms with van der Waals surface area (Å²) in [4.78, 5) is 15.9. The minimum Gasteiger partial charge on any atom is -0.324 e. The Labute approximate surface area is 102 Å². The molecule has 17 heavy (non-hydrogen) atoms. The van der Waals surface area contributed by atoms with E-state index in [0.29, 0.717) is 0 Å². The standard InChI is InChI=1S/C14H18N2O/c1-2-3-4-8-12-11-7-5-6-9-13(11)16-14(17)10-15-12/h5-7,9H,2-4,8,10H2,1H3,(H,16,17). The number of nitrogens with zero attached hydrogens (tertiary/aromatic N) is 1. The van der Waals surface area contributed by atoms with Crippen LogP contribution in [0.3, 0.4) is 0 Å². The maximum absolute atomic E-state index is 11.5. The molecule has 1 aliphatic rings. The SMILES string of the molecule is CCCCCC1=NCC(=O)Nc2ccccc21. The van der Waals surface area contributed by atoms with E-state index in [1.165, 1.54) is 12.8 Å². The summed E-state index contributed by atoms with van der Waals surface area (Å²) in [5, 5.41) is 2.89. The second kappa shape index (κ2) is 5.62. The third-order valence-corrected chi connectivity index (χ3v) is 2.94. The van der Waals surface area contributed by atoms with E-state index in [0.717, 1.165) is 29.8 Å². The van der Waals surface area contributed by atoms with Crippen LogP contribution in [0.4, 0.5) is 5.69 Å². The van der Waals surface area contributed by atoms with E-state index < -0.39 is 0 Å². The number of benzene rings is 1. The van der Waals surface area contributed by atoms with E-state index in [1.807, 2.05) is 24.3 Å². The summed E-state index contributed by atoms with van der Waals surface area (Å²) in [6, 6.07) is 7.90. The van der Waals surface area contributed by atoms with E-state index in [9.17, 15) is 4.79 Å². The first-order valence-electron chi connectivity index (χ1n) is 6.24. The molecule has 0 aromatic heterocycles. The van der Waals surface area contributed by atoms with Gasteiger partial charge < -0.3 is 5.32 Å². The minimum atomic E-state index is -0.0251. The number of nitrogens with one attached hydrogen (secondary N) is 1. The van der Waals surface area contributed by atoms with Crippen molar-refractivity contribution in [3.05, 3.63) is 29.8 Å². The number of amides is 1. The monoisotopic (exact) mass is 230 g/mol. The molecule has 0 saturated carbocycles. The lowest BCUT2D eigenvalue weighted by atomic mass is 10.0. The van der Waals surface area contributed by atoms with Crippen LogP contribution in [0.1, 0.15) is 38.2 Å². The third-order valence-electron chi connectivity index (χ3n) is 2.94. The summed E-state index contributed by atoms with van der Waals surface area (Å²) in [5.74, 6) is -0.0251. The molecule has 1 N–H and O–H groups in total. The van der Waals surface area contributed by atoms with Gasteiger partial charge in [0.2, 0.25) is 5.91 Å². The Kier molecular flexibility index (Phi) is 3.91. The molecule has 1 aromatic carbocycles. The predicted octanol–water partition coefficient (Wildman–Crippen LogP) is 3.01. The molecule has 2 rings (SSSR count). The van der Waals surface area contributed by atoms with Crippen LogP contribution in [0.5, 0.6) is 0 Å². The van der Waals surface area contributed by atoms with Gasteiger partial charge in [-0.05, 0) is 18.9 Å². The first-order valence-corrected chi connectivity index (χ1v) is 6.24. The van der Waals surface area contributed by atoms with Crippen molar-refractivity contribution >= 4 is 17.3 Å². The maximum atomic E-state index is 11.5. The molecule has 0 radical (unpaired) electrons. The molecular formula is C14H18N2O. The number of aliphatic imine (C=N–C) groups is 1. The largest absolute Gasteiger partial charge is 0.324 e. The number of rotatable bonds is 4. The first-order chi connectivity index (χ1) is 8.31. The van der Waals surface area contributed by atoms with Gasteiger partial charge in [-0.15, -0.1) is 0 Å². The predicted molar refractivity (Wildman–Crippen MR) is 70.6 cm³/mol. The molecule has 0 fully saturated rings. The number of hydrogen-bond acceptors (Lipinski definition) is 2. The molecule has 0 atom stereocenters. The number of para-hydroxylation sites is 1. The summed E-state index contributed by atoms with van der Waals surface area (Å²) >= 11 is 0. The molecule has 1 heterocycles. The number of unbranched alkanes of at least 4 members (excludes halogenated alkanes) is 2. The van der Waals surface area contributed by atoms with E-state index in [1.54, 1.807) is 0 Å². The van der Waals surface area contributed by atoms with Gasteiger partial charge in [0, 0.05) is 17.0 Å². The molecule has 1 amide bonds. The fraction of sp³-hybridized carbons (Fsp3) is 0.429. The highest BCUT2D eigenvalue weighted by molar-refractivity contribution is 6.10. The molecule has 0 unspecified atom stereocenters. The Morgan fingerprint density at radius 3 is 2.94 bits per heavy atom. The molecule has 3 heteroatoms. The van der Waals surface area contributed by atoms with Crippen LogP contribution in [-0.4, -0.2) is 18.2 Å². The second-order valence-corrected chi connectivity index (χ2v) is 4.31. The number of benzodiazepines with no additional fused rings is 1. The molecule has 0 aliphatic carbocycles. The fourth-order valence-corrected chi connectivity index (χ4v) is 2.04. The van der Waals surface area contributed by atoms with Crippen molar-refractivity contribution in [2.45, 2.75) is 32.6 Å². The number of hydrogen-bond donors (Lipinski definition) is 1. The molecule has 1 aliphatic heterocycles. The summed E-state index contributed by atoms with van der Waals surface area (Å²) < 4.78 is 0. The average Bonchev–Trinajstić information content (AvgIpc) is 2.49. The minimum absolute atomic E-state index is 0.0251. The van der Waals surface area contributed by atoms with Crippen molar-refractivity contribution < 1.29 is 4.79 Å². The normalized spacial score (nSPS) is 14.6. The van der Waals surface area contributed by atoms with Crippen LogP contribution >= 0.6 is 0 Å². The van der Waals surface area contributed by atoms with E-state index >= 15 is 0 Å². The molecule has 0 bridgehead atoms. The van der Waals surface area contributed by atoms with Gasteiger partial charge in [-0.3, -0.25) is 9.79 Å². The summed E-state index contributed by atoms with van der Waals surface area (Å²) in [6.07, 6.45) is 4.51. The zero-order chi connectivity index (χ0) is 12.1. The average molecular weight is 230 g/mol. The highest BCUT2D eigenvalue weighted by Gasteiger charge is 2.15. The number of carbonyl (C=O) groups is 1.